The zero-order valence-corrected chi connectivity index (χ0v) is 16.2. The van der Waals surface area contributed by atoms with Crippen LogP contribution in [0.1, 0.15) is 22.5 Å². The van der Waals surface area contributed by atoms with Crippen LogP contribution in [0.3, 0.4) is 0 Å². The summed E-state index contributed by atoms with van der Waals surface area (Å²) in [6, 6.07) is 13.0. The SMILES string of the molecule is Cn1cccc1C(=O)NC(=O)COC(=O)[C@@H]1CC(=O)N(CCc2ccccc2)C1. The zero-order chi connectivity index (χ0) is 20.8. The molecule has 0 saturated carbocycles. The van der Waals surface area contributed by atoms with Crippen LogP contribution >= 0.6 is 0 Å². The number of carbonyl (C=O) groups is 4. The average molecular weight is 397 g/mol. The fourth-order valence-electron chi connectivity index (χ4n) is 3.23. The van der Waals surface area contributed by atoms with Gasteiger partial charge in [-0.2, -0.15) is 0 Å². The van der Waals surface area contributed by atoms with Gasteiger partial charge in [-0.05, 0) is 24.1 Å². The van der Waals surface area contributed by atoms with Crippen molar-refractivity contribution >= 4 is 23.7 Å². The van der Waals surface area contributed by atoms with E-state index in [1.165, 1.54) is 0 Å². The van der Waals surface area contributed by atoms with Crippen LogP contribution in [0.4, 0.5) is 0 Å². The molecule has 152 valence electrons. The maximum atomic E-state index is 12.2. The highest BCUT2D eigenvalue weighted by Crippen LogP contribution is 2.19. The summed E-state index contributed by atoms with van der Waals surface area (Å²) in [4.78, 5) is 49.8. The highest BCUT2D eigenvalue weighted by Gasteiger charge is 2.35. The van der Waals surface area contributed by atoms with E-state index in [1.807, 2.05) is 30.3 Å². The molecule has 0 bridgehead atoms. The molecule has 0 aliphatic carbocycles. The van der Waals surface area contributed by atoms with Crippen molar-refractivity contribution in [1.29, 1.82) is 0 Å². The van der Waals surface area contributed by atoms with Crippen LogP contribution < -0.4 is 5.32 Å². The Bertz CT molecular complexity index is 906. The zero-order valence-electron chi connectivity index (χ0n) is 16.2. The number of amides is 3. The standard InChI is InChI=1S/C21H23N3O5/c1-23-10-5-8-17(23)20(27)22-18(25)14-29-21(28)16-12-19(26)24(13-16)11-9-15-6-3-2-4-7-15/h2-8,10,16H,9,11-14H2,1H3,(H,22,25,27)/t16-/m1/s1. The molecule has 3 amide bonds. The molecule has 1 aliphatic heterocycles. The summed E-state index contributed by atoms with van der Waals surface area (Å²) in [7, 11) is 1.68. The van der Waals surface area contributed by atoms with Gasteiger partial charge in [0.2, 0.25) is 5.91 Å². The molecule has 8 heteroatoms. The Kier molecular flexibility index (Phi) is 6.43. The van der Waals surface area contributed by atoms with Crippen molar-refractivity contribution in [3.05, 3.63) is 59.9 Å². The summed E-state index contributed by atoms with van der Waals surface area (Å²) in [6.07, 6.45) is 2.45. The lowest BCUT2D eigenvalue weighted by Gasteiger charge is -2.16. The Balaban J connectivity index is 1.42. The van der Waals surface area contributed by atoms with Gasteiger partial charge in [-0.1, -0.05) is 30.3 Å². The number of hydrogen-bond donors (Lipinski definition) is 1. The maximum Gasteiger partial charge on any atom is 0.311 e. The first-order valence-electron chi connectivity index (χ1n) is 9.38. The molecule has 1 saturated heterocycles. The number of imide groups is 1. The normalized spacial score (nSPS) is 16.0. The fourth-order valence-corrected chi connectivity index (χ4v) is 3.23. The molecular formula is C21H23N3O5. The van der Waals surface area contributed by atoms with E-state index in [4.69, 9.17) is 4.74 Å². The number of nitrogens with one attached hydrogen (secondary N) is 1. The van der Waals surface area contributed by atoms with E-state index in [-0.39, 0.29) is 18.9 Å². The first-order chi connectivity index (χ1) is 13.9. The molecule has 0 spiro atoms. The molecule has 29 heavy (non-hydrogen) atoms. The summed E-state index contributed by atoms with van der Waals surface area (Å²) in [5.41, 5.74) is 1.44. The molecule has 3 rings (SSSR count). The second-order valence-corrected chi connectivity index (χ2v) is 6.97. The lowest BCUT2D eigenvalue weighted by atomic mass is 10.1. The lowest BCUT2D eigenvalue weighted by Crippen LogP contribution is -2.36. The molecule has 0 radical (unpaired) electrons. The summed E-state index contributed by atoms with van der Waals surface area (Å²) < 4.78 is 6.58. The summed E-state index contributed by atoms with van der Waals surface area (Å²) >= 11 is 0. The van der Waals surface area contributed by atoms with Gasteiger partial charge in [0.15, 0.2) is 6.61 Å². The fraction of sp³-hybridized carbons (Fsp3) is 0.333. The molecular weight excluding hydrogens is 374 g/mol. The average Bonchev–Trinajstić information content (AvgIpc) is 3.30. The second kappa shape index (κ2) is 9.18. The summed E-state index contributed by atoms with van der Waals surface area (Å²) in [6.45, 7) is 0.233. The number of ether oxygens (including phenoxy) is 1. The number of nitrogens with zero attached hydrogens (tertiary/aromatic N) is 2. The van der Waals surface area contributed by atoms with Gasteiger partial charge in [-0.25, -0.2) is 0 Å². The minimum Gasteiger partial charge on any atom is -0.455 e. The summed E-state index contributed by atoms with van der Waals surface area (Å²) in [5.74, 6) is -2.60. The van der Waals surface area contributed by atoms with E-state index in [0.717, 1.165) is 5.56 Å². The summed E-state index contributed by atoms with van der Waals surface area (Å²) in [5, 5.41) is 2.17. The topological polar surface area (TPSA) is 97.7 Å². The van der Waals surface area contributed by atoms with Crippen LogP contribution in [0.15, 0.2) is 48.7 Å². The Morgan fingerprint density at radius 2 is 1.90 bits per heavy atom. The first-order valence-corrected chi connectivity index (χ1v) is 9.38. The molecule has 1 atom stereocenters. The number of aromatic nitrogens is 1. The molecule has 2 heterocycles. The molecule has 2 aromatic rings. The smallest absolute Gasteiger partial charge is 0.311 e. The molecule has 8 nitrogen and oxygen atoms in total. The lowest BCUT2D eigenvalue weighted by molar-refractivity contribution is -0.152. The van der Waals surface area contributed by atoms with E-state index < -0.39 is 30.3 Å². The number of hydrogen-bond acceptors (Lipinski definition) is 5. The van der Waals surface area contributed by atoms with E-state index >= 15 is 0 Å². The van der Waals surface area contributed by atoms with Gasteiger partial charge >= 0.3 is 5.97 Å². The number of rotatable bonds is 7. The highest BCUT2D eigenvalue weighted by molar-refractivity contribution is 6.04. The molecule has 0 unspecified atom stereocenters. The van der Waals surface area contributed by atoms with Crippen molar-refractivity contribution in [3.8, 4) is 0 Å². The monoisotopic (exact) mass is 397 g/mol. The number of esters is 1. The minimum atomic E-state index is -0.713. The number of carbonyl (C=O) groups excluding carboxylic acids is 4. The Hall–Kier alpha value is -3.42. The van der Waals surface area contributed by atoms with Gasteiger partial charge in [-0.15, -0.1) is 0 Å². The molecule has 1 aliphatic rings. The minimum absolute atomic E-state index is 0.0670. The molecule has 1 aromatic carbocycles. The van der Waals surface area contributed by atoms with E-state index in [2.05, 4.69) is 5.32 Å². The van der Waals surface area contributed by atoms with Crippen LogP contribution in [0.5, 0.6) is 0 Å². The molecule has 1 fully saturated rings. The van der Waals surface area contributed by atoms with Crippen molar-refractivity contribution < 1.29 is 23.9 Å². The van der Waals surface area contributed by atoms with E-state index in [0.29, 0.717) is 18.7 Å². The number of aryl methyl sites for hydroxylation is 1. The quantitative estimate of drug-likeness (QED) is 0.701. The van der Waals surface area contributed by atoms with Crippen molar-refractivity contribution in [2.24, 2.45) is 13.0 Å². The van der Waals surface area contributed by atoms with E-state index in [9.17, 15) is 19.2 Å². The third kappa shape index (κ3) is 5.31. The van der Waals surface area contributed by atoms with Gasteiger partial charge in [0.05, 0.1) is 5.92 Å². The van der Waals surface area contributed by atoms with Gasteiger partial charge in [-0.3, -0.25) is 24.5 Å². The molecule has 1 N–H and O–H groups in total. The third-order valence-electron chi connectivity index (χ3n) is 4.84. The predicted octanol–water partition coefficient (Wildman–Crippen LogP) is 0.916. The Labute approximate surface area is 168 Å². The van der Waals surface area contributed by atoms with Gasteiger partial charge in [0.1, 0.15) is 5.69 Å². The Morgan fingerprint density at radius 1 is 1.14 bits per heavy atom. The second-order valence-electron chi connectivity index (χ2n) is 6.97. The van der Waals surface area contributed by atoms with Gasteiger partial charge < -0.3 is 14.2 Å². The molecule has 1 aromatic heterocycles. The van der Waals surface area contributed by atoms with Crippen LogP contribution in [0, 0.1) is 5.92 Å². The van der Waals surface area contributed by atoms with Crippen molar-refractivity contribution in [3.63, 3.8) is 0 Å². The van der Waals surface area contributed by atoms with Crippen LogP contribution in [-0.2, 0) is 32.6 Å². The Morgan fingerprint density at radius 3 is 2.59 bits per heavy atom. The van der Waals surface area contributed by atoms with Crippen molar-refractivity contribution in [1.82, 2.24) is 14.8 Å². The van der Waals surface area contributed by atoms with Gasteiger partial charge in [0, 0.05) is 32.8 Å². The van der Waals surface area contributed by atoms with Crippen molar-refractivity contribution in [2.75, 3.05) is 19.7 Å². The van der Waals surface area contributed by atoms with Crippen molar-refractivity contribution in [2.45, 2.75) is 12.8 Å². The van der Waals surface area contributed by atoms with Gasteiger partial charge in [0.25, 0.3) is 11.8 Å². The van der Waals surface area contributed by atoms with E-state index in [1.54, 1.807) is 34.8 Å². The highest BCUT2D eigenvalue weighted by atomic mass is 16.5. The number of likely N-dealkylation sites (tertiary alicyclic amines) is 1. The predicted molar refractivity (Wildman–Crippen MR) is 104 cm³/mol. The number of benzene rings is 1. The first kappa shape index (κ1) is 20.3. The largest absolute Gasteiger partial charge is 0.455 e. The maximum absolute atomic E-state index is 12.2. The third-order valence-corrected chi connectivity index (χ3v) is 4.84. The van der Waals surface area contributed by atoms with Crippen LogP contribution in [-0.4, -0.2) is 52.9 Å². The van der Waals surface area contributed by atoms with Crippen LogP contribution in [0.2, 0.25) is 0 Å². The van der Waals surface area contributed by atoms with Crippen LogP contribution in [0.25, 0.3) is 0 Å².